The Kier molecular flexibility index (Phi) is 5.78. The molecule has 0 aromatic carbocycles. The first kappa shape index (κ1) is 12.6. The van der Waals surface area contributed by atoms with Gasteiger partial charge in [0.1, 0.15) is 5.01 Å². The van der Waals surface area contributed by atoms with Crippen molar-refractivity contribution in [1.29, 1.82) is 0 Å². The zero-order valence-electron chi connectivity index (χ0n) is 9.32. The van der Waals surface area contributed by atoms with Gasteiger partial charge < -0.3 is 15.8 Å². The molecule has 15 heavy (non-hydrogen) atoms. The molecule has 0 saturated carbocycles. The number of hydrogen-bond donors (Lipinski definition) is 2. The van der Waals surface area contributed by atoms with Gasteiger partial charge in [-0.1, -0.05) is 0 Å². The van der Waals surface area contributed by atoms with Crippen LogP contribution in [0.5, 0.6) is 0 Å². The summed E-state index contributed by atoms with van der Waals surface area (Å²) in [7, 11) is 1.70. The molecular formula is C10H19N3OS. The second kappa shape index (κ2) is 6.90. The number of hydrogen-bond acceptors (Lipinski definition) is 5. The Balaban J connectivity index is 2.11. The smallest absolute Gasteiger partial charge is 0.107 e. The van der Waals surface area contributed by atoms with Crippen LogP contribution < -0.4 is 11.1 Å². The molecule has 4 nitrogen and oxygen atoms in total. The Hall–Kier alpha value is -0.490. The third kappa shape index (κ3) is 4.70. The van der Waals surface area contributed by atoms with Gasteiger partial charge in [0.15, 0.2) is 0 Å². The minimum atomic E-state index is 0.163. The summed E-state index contributed by atoms with van der Waals surface area (Å²) in [5.74, 6) is 0. The number of nitrogens with two attached hydrogens (primary N) is 1. The van der Waals surface area contributed by atoms with Gasteiger partial charge in [-0.05, 0) is 19.9 Å². The number of aromatic nitrogens is 1. The van der Waals surface area contributed by atoms with Crippen LogP contribution in [0.2, 0.25) is 0 Å². The van der Waals surface area contributed by atoms with Crippen LogP contribution in [0, 0.1) is 6.92 Å². The highest BCUT2D eigenvalue weighted by molar-refractivity contribution is 7.11. The third-order valence-corrected chi connectivity index (χ3v) is 3.10. The number of ether oxygens (including phenoxy) is 1. The summed E-state index contributed by atoms with van der Waals surface area (Å²) in [6.45, 7) is 4.39. The molecule has 1 unspecified atom stereocenters. The van der Waals surface area contributed by atoms with E-state index in [1.165, 1.54) is 4.88 Å². The van der Waals surface area contributed by atoms with Crippen molar-refractivity contribution in [3.8, 4) is 0 Å². The van der Waals surface area contributed by atoms with E-state index in [-0.39, 0.29) is 6.10 Å². The highest BCUT2D eigenvalue weighted by atomic mass is 32.1. The van der Waals surface area contributed by atoms with Crippen LogP contribution in [0.15, 0.2) is 6.20 Å². The van der Waals surface area contributed by atoms with Crippen LogP contribution in [-0.2, 0) is 11.3 Å². The molecule has 0 saturated heterocycles. The Labute approximate surface area is 94.8 Å². The maximum Gasteiger partial charge on any atom is 0.107 e. The van der Waals surface area contributed by atoms with E-state index < -0.39 is 0 Å². The summed E-state index contributed by atoms with van der Waals surface area (Å²) in [6.07, 6.45) is 3.01. The minimum absolute atomic E-state index is 0.163. The molecule has 3 N–H and O–H groups in total. The molecule has 0 aliphatic rings. The van der Waals surface area contributed by atoms with E-state index >= 15 is 0 Å². The normalized spacial score (nSPS) is 13.0. The van der Waals surface area contributed by atoms with Crippen LogP contribution >= 0.6 is 11.3 Å². The maximum atomic E-state index is 5.52. The fourth-order valence-electron chi connectivity index (χ4n) is 1.27. The molecule has 0 bridgehead atoms. The van der Waals surface area contributed by atoms with Crippen molar-refractivity contribution in [1.82, 2.24) is 10.3 Å². The zero-order chi connectivity index (χ0) is 11.1. The second-order valence-electron chi connectivity index (χ2n) is 3.42. The van der Waals surface area contributed by atoms with E-state index in [1.807, 2.05) is 6.20 Å². The minimum Gasteiger partial charge on any atom is -0.380 e. The molecule has 0 fully saturated rings. The van der Waals surface area contributed by atoms with E-state index in [0.29, 0.717) is 6.54 Å². The number of nitrogens with zero attached hydrogens (tertiary/aromatic N) is 1. The topological polar surface area (TPSA) is 60.2 Å². The molecule has 86 valence electrons. The van der Waals surface area contributed by atoms with Gasteiger partial charge in [-0.2, -0.15) is 0 Å². The van der Waals surface area contributed by atoms with Gasteiger partial charge in [0.05, 0.1) is 6.10 Å². The Morgan fingerprint density at radius 1 is 1.67 bits per heavy atom. The number of rotatable bonds is 7. The third-order valence-electron chi connectivity index (χ3n) is 2.18. The Bertz CT molecular complexity index is 273. The second-order valence-corrected chi connectivity index (χ2v) is 4.74. The lowest BCUT2D eigenvalue weighted by atomic mass is 10.2. The molecule has 1 rings (SSSR count). The zero-order valence-corrected chi connectivity index (χ0v) is 10.1. The van der Waals surface area contributed by atoms with Crippen molar-refractivity contribution >= 4 is 11.3 Å². The predicted octanol–water partition coefficient (Wildman–Crippen LogP) is 0.905. The Morgan fingerprint density at radius 3 is 3.00 bits per heavy atom. The average molecular weight is 229 g/mol. The van der Waals surface area contributed by atoms with Crippen molar-refractivity contribution in [3.05, 3.63) is 16.1 Å². The SMILES string of the molecule is COC(CN)CCNCc1ncc(C)s1. The van der Waals surface area contributed by atoms with Crippen LogP contribution in [0.3, 0.4) is 0 Å². The molecule has 5 heteroatoms. The number of thiazole rings is 1. The summed E-state index contributed by atoms with van der Waals surface area (Å²) in [4.78, 5) is 5.53. The highest BCUT2D eigenvalue weighted by Gasteiger charge is 2.03. The molecule has 0 aliphatic carbocycles. The van der Waals surface area contributed by atoms with Crippen LogP contribution in [0.1, 0.15) is 16.3 Å². The molecule has 1 aromatic rings. The summed E-state index contributed by atoms with van der Waals surface area (Å²) in [6, 6.07) is 0. The van der Waals surface area contributed by atoms with Crippen molar-refractivity contribution < 1.29 is 4.74 Å². The molecule has 1 heterocycles. The number of methoxy groups -OCH3 is 1. The quantitative estimate of drug-likeness (QED) is 0.682. The first-order chi connectivity index (χ1) is 7.26. The lowest BCUT2D eigenvalue weighted by Gasteiger charge is -2.12. The summed E-state index contributed by atoms with van der Waals surface area (Å²) < 4.78 is 5.18. The van der Waals surface area contributed by atoms with Gasteiger partial charge in [-0.25, -0.2) is 4.98 Å². The lowest BCUT2D eigenvalue weighted by molar-refractivity contribution is 0.102. The standard InChI is InChI=1S/C10H19N3OS/c1-8-6-13-10(15-8)7-12-4-3-9(5-11)14-2/h6,9,12H,3-5,7,11H2,1-2H3. The maximum absolute atomic E-state index is 5.52. The van der Waals surface area contributed by atoms with Crippen molar-refractivity contribution in [2.75, 3.05) is 20.2 Å². The summed E-state index contributed by atoms with van der Waals surface area (Å²) in [5.41, 5.74) is 5.52. The van der Waals surface area contributed by atoms with E-state index in [0.717, 1.165) is 24.5 Å². The Morgan fingerprint density at radius 2 is 2.47 bits per heavy atom. The van der Waals surface area contributed by atoms with Gasteiger partial charge in [0.25, 0.3) is 0 Å². The molecule has 1 aromatic heterocycles. The van der Waals surface area contributed by atoms with Gasteiger partial charge in [0.2, 0.25) is 0 Å². The van der Waals surface area contributed by atoms with Gasteiger partial charge in [-0.15, -0.1) is 11.3 Å². The van der Waals surface area contributed by atoms with Gasteiger partial charge in [0, 0.05) is 31.3 Å². The molecule has 1 atom stereocenters. The largest absolute Gasteiger partial charge is 0.380 e. The first-order valence-electron chi connectivity index (χ1n) is 5.11. The molecule has 0 spiro atoms. The van der Waals surface area contributed by atoms with Gasteiger partial charge >= 0.3 is 0 Å². The summed E-state index contributed by atoms with van der Waals surface area (Å²) in [5, 5.41) is 4.46. The number of aryl methyl sites for hydroxylation is 1. The molecule has 0 radical (unpaired) electrons. The molecule has 0 amide bonds. The highest BCUT2D eigenvalue weighted by Crippen LogP contribution is 2.10. The lowest BCUT2D eigenvalue weighted by Crippen LogP contribution is -2.27. The van der Waals surface area contributed by atoms with E-state index in [9.17, 15) is 0 Å². The van der Waals surface area contributed by atoms with Crippen LogP contribution in [0.25, 0.3) is 0 Å². The van der Waals surface area contributed by atoms with Crippen molar-refractivity contribution in [3.63, 3.8) is 0 Å². The molecule has 0 aliphatic heterocycles. The summed E-state index contributed by atoms with van der Waals surface area (Å²) >= 11 is 1.73. The first-order valence-corrected chi connectivity index (χ1v) is 5.92. The fraction of sp³-hybridized carbons (Fsp3) is 0.700. The average Bonchev–Trinajstić information content (AvgIpc) is 2.65. The van der Waals surface area contributed by atoms with Crippen molar-refractivity contribution in [2.45, 2.75) is 26.0 Å². The van der Waals surface area contributed by atoms with Crippen molar-refractivity contribution in [2.24, 2.45) is 5.73 Å². The van der Waals surface area contributed by atoms with Crippen LogP contribution in [0.4, 0.5) is 0 Å². The van der Waals surface area contributed by atoms with E-state index in [2.05, 4.69) is 17.2 Å². The van der Waals surface area contributed by atoms with Gasteiger partial charge in [-0.3, -0.25) is 0 Å². The number of nitrogens with one attached hydrogen (secondary N) is 1. The fourth-order valence-corrected chi connectivity index (χ4v) is 2.03. The predicted molar refractivity (Wildman–Crippen MR) is 63.0 cm³/mol. The van der Waals surface area contributed by atoms with E-state index in [4.69, 9.17) is 10.5 Å². The monoisotopic (exact) mass is 229 g/mol. The van der Waals surface area contributed by atoms with Crippen LogP contribution in [-0.4, -0.2) is 31.3 Å². The molecular weight excluding hydrogens is 210 g/mol. The van der Waals surface area contributed by atoms with E-state index in [1.54, 1.807) is 18.4 Å².